The van der Waals surface area contributed by atoms with E-state index in [1.54, 1.807) is 18.3 Å². The lowest BCUT2D eigenvalue weighted by Gasteiger charge is -2.09. The molecule has 3 aromatic rings. The molecular formula is C14H10FN5O. The molecule has 1 N–H and O–H groups in total. The minimum Gasteiger partial charge on any atom is -0.319 e. The summed E-state index contributed by atoms with van der Waals surface area (Å²) >= 11 is 0. The molecule has 0 aliphatic rings. The van der Waals surface area contributed by atoms with Crippen molar-refractivity contribution in [1.82, 2.24) is 19.7 Å². The first-order valence-electron chi connectivity index (χ1n) is 6.11. The molecule has 0 unspecified atom stereocenters. The fraction of sp³-hybridized carbons (Fsp3) is 0. The Labute approximate surface area is 119 Å². The van der Waals surface area contributed by atoms with E-state index < -0.39 is 11.7 Å². The average molecular weight is 283 g/mol. The van der Waals surface area contributed by atoms with Gasteiger partial charge in [0.1, 0.15) is 18.5 Å². The second-order valence-corrected chi connectivity index (χ2v) is 4.18. The molecule has 0 radical (unpaired) electrons. The maximum Gasteiger partial charge on any atom is 0.255 e. The number of hydrogen-bond donors (Lipinski definition) is 1. The summed E-state index contributed by atoms with van der Waals surface area (Å²) in [6.45, 7) is 0. The van der Waals surface area contributed by atoms with Gasteiger partial charge in [0.2, 0.25) is 0 Å². The SMILES string of the molecule is O=C(Nc1cccnc1-n1cncn1)c1cccc(F)c1. The molecule has 0 fully saturated rings. The first-order chi connectivity index (χ1) is 10.2. The fourth-order valence-electron chi connectivity index (χ4n) is 1.82. The van der Waals surface area contributed by atoms with Gasteiger partial charge in [-0.25, -0.2) is 19.0 Å². The summed E-state index contributed by atoms with van der Waals surface area (Å²) in [6.07, 6.45) is 4.42. The lowest BCUT2D eigenvalue weighted by atomic mass is 10.2. The van der Waals surface area contributed by atoms with Gasteiger partial charge in [0, 0.05) is 11.8 Å². The van der Waals surface area contributed by atoms with E-state index in [0.717, 1.165) is 0 Å². The van der Waals surface area contributed by atoms with Crippen molar-refractivity contribution in [1.29, 1.82) is 0 Å². The average Bonchev–Trinajstić information content (AvgIpc) is 3.02. The van der Waals surface area contributed by atoms with Crippen LogP contribution in [0, 0.1) is 5.82 Å². The minimum absolute atomic E-state index is 0.225. The van der Waals surface area contributed by atoms with Crippen LogP contribution in [0.5, 0.6) is 0 Å². The Morgan fingerprint density at radius 3 is 2.90 bits per heavy atom. The second kappa shape index (κ2) is 5.49. The maximum atomic E-state index is 13.2. The highest BCUT2D eigenvalue weighted by atomic mass is 19.1. The van der Waals surface area contributed by atoms with E-state index in [-0.39, 0.29) is 5.56 Å². The number of rotatable bonds is 3. The Bertz CT molecular complexity index is 773. The van der Waals surface area contributed by atoms with Crippen molar-refractivity contribution in [3.63, 3.8) is 0 Å². The summed E-state index contributed by atoms with van der Waals surface area (Å²) in [6, 6.07) is 8.82. The van der Waals surface area contributed by atoms with E-state index in [1.165, 1.54) is 41.6 Å². The number of halogens is 1. The zero-order valence-corrected chi connectivity index (χ0v) is 10.8. The zero-order valence-electron chi connectivity index (χ0n) is 10.8. The van der Waals surface area contributed by atoms with Crippen molar-refractivity contribution in [2.75, 3.05) is 5.32 Å². The third-order valence-electron chi connectivity index (χ3n) is 2.76. The van der Waals surface area contributed by atoms with Crippen LogP contribution in [-0.2, 0) is 0 Å². The molecular weight excluding hydrogens is 273 g/mol. The molecule has 3 rings (SSSR count). The number of aromatic nitrogens is 4. The van der Waals surface area contributed by atoms with Crippen LogP contribution in [0.2, 0.25) is 0 Å². The van der Waals surface area contributed by atoms with Gasteiger partial charge in [-0.05, 0) is 30.3 Å². The Morgan fingerprint density at radius 1 is 1.24 bits per heavy atom. The second-order valence-electron chi connectivity index (χ2n) is 4.18. The van der Waals surface area contributed by atoms with Gasteiger partial charge < -0.3 is 5.32 Å². The molecule has 0 saturated heterocycles. The van der Waals surface area contributed by atoms with Crippen LogP contribution in [0.3, 0.4) is 0 Å². The summed E-state index contributed by atoms with van der Waals surface area (Å²) < 4.78 is 14.6. The van der Waals surface area contributed by atoms with E-state index in [2.05, 4.69) is 20.4 Å². The fourth-order valence-corrected chi connectivity index (χ4v) is 1.82. The third-order valence-corrected chi connectivity index (χ3v) is 2.76. The van der Waals surface area contributed by atoms with Crippen molar-refractivity contribution in [2.45, 2.75) is 0 Å². The van der Waals surface area contributed by atoms with Crippen LogP contribution in [0.1, 0.15) is 10.4 Å². The number of carbonyl (C=O) groups is 1. The first kappa shape index (κ1) is 12.9. The molecule has 104 valence electrons. The molecule has 0 spiro atoms. The molecule has 7 heteroatoms. The molecule has 6 nitrogen and oxygen atoms in total. The number of hydrogen-bond acceptors (Lipinski definition) is 4. The van der Waals surface area contributed by atoms with Crippen molar-refractivity contribution in [3.8, 4) is 5.82 Å². The summed E-state index contributed by atoms with van der Waals surface area (Å²) in [5.41, 5.74) is 0.681. The standard InChI is InChI=1S/C14H10FN5O/c15-11-4-1-3-10(7-11)14(21)19-12-5-2-6-17-13(12)20-9-16-8-18-20/h1-9H,(H,19,21). The van der Waals surface area contributed by atoms with Crippen LogP contribution in [-0.4, -0.2) is 25.7 Å². The van der Waals surface area contributed by atoms with E-state index in [4.69, 9.17) is 0 Å². The molecule has 0 aliphatic heterocycles. The Balaban J connectivity index is 1.90. The summed E-state index contributed by atoms with van der Waals surface area (Å²) in [7, 11) is 0. The molecule has 0 atom stereocenters. The number of benzene rings is 1. The number of carbonyl (C=O) groups excluding carboxylic acids is 1. The highest BCUT2D eigenvalue weighted by molar-refractivity contribution is 6.05. The Hall–Kier alpha value is -3.09. The quantitative estimate of drug-likeness (QED) is 0.798. The third kappa shape index (κ3) is 2.76. The van der Waals surface area contributed by atoms with Crippen molar-refractivity contribution in [3.05, 3.63) is 66.6 Å². The normalized spacial score (nSPS) is 10.3. The molecule has 2 aromatic heterocycles. The predicted octanol–water partition coefficient (Wildman–Crippen LogP) is 2.05. The van der Waals surface area contributed by atoms with Gasteiger partial charge in [-0.1, -0.05) is 6.07 Å². The number of amides is 1. The Kier molecular flexibility index (Phi) is 3.38. The number of pyridine rings is 1. The van der Waals surface area contributed by atoms with Crippen molar-refractivity contribution in [2.24, 2.45) is 0 Å². The Morgan fingerprint density at radius 2 is 2.14 bits per heavy atom. The lowest BCUT2D eigenvalue weighted by molar-refractivity contribution is 0.102. The van der Waals surface area contributed by atoms with Gasteiger partial charge in [-0.2, -0.15) is 5.10 Å². The van der Waals surface area contributed by atoms with Gasteiger partial charge in [0.25, 0.3) is 5.91 Å². The minimum atomic E-state index is -0.467. The number of nitrogens with one attached hydrogen (secondary N) is 1. The maximum absolute atomic E-state index is 13.2. The van der Waals surface area contributed by atoms with Crippen LogP contribution in [0.4, 0.5) is 10.1 Å². The number of nitrogens with zero attached hydrogens (tertiary/aromatic N) is 4. The highest BCUT2D eigenvalue weighted by Gasteiger charge is 2.11. The van der Waals surface area contributed by atoms with Gasteiger partial charge in [-0.15, -0.1) is 0 Å². The van der Waals surface area contributed by atoms with E-state index in [1.807, 2.05) is 0 Å². The van der Waals surface area contributed by atoms with Crippen molar-refractivity contribution >= 4 is 11.6 Å². The number of anilines is 1. The van der Waals surface area contributed by atoms with Crippen LogP contribution >= 0.6 is 0 Å². The van der Waals surface area contributed by atoms with Crippen LogP contribution < -0.4 is 5.32 Å². The largest absolute Gasteiger partial charge is 0.319 e. The molecule has 1 amide bonds. The summed E-state index contributed by atoms with van der Waals surface area (Å²) in [4.78, 5) is 20.1. The summed E-state index contributed by atoms with van der Waals surface area (Å²) in [5.74, 6) is -0.464. The first-order valence-corrected chi connectivity index (χ1v) is 6.11. The molecule has 21 heavy (non-hydrogen) atoms. The monoisotopic (exact) mass is 283 g/mol. The van der Waals surface area contributed by atoms with Crippen LogP contribution in [0.25, 0.3) is 5.82 Å². The van der Waals surface area contributed by atoms with Gasteiger partial charge in [0.05, 0.1) is 5.69 Å². The zero-order chi connectivity index (χ0) is 14.7. The van der Waals surface area contributed by atoms with E-state index in [0.29, 0.717) is 11.5 Å². The predicted molar refractivity (Wildman–Crippen MR) is 73.5 cm³/mol. The molecule has 2 heterocycles. The lowest BCUT2D eigenvalue weighted by Crippen LogP contribution is -2.14. The van der Waals surface area contributed by atoms with Gasteiger partial charge >= 0.3 is 0 Å². The van der Waals surface area contributed by atoms with E-state index in [9.17, 15) is 9.18 Å². The van der Waals surface area contributed by atoms with Crippen LogP contribution in [0.15, 0.2) is 55.2 Å². The van der Waals surface area contributed by atoms with E-state index >= 15 is 0 Å². The van der Waals surface area contributed by atoms with Gasteiger partial charge in [-0.3, -0.25) is 4.79 Å². The summed E-state index contributed by atoms with van der Waals surface area (Å²) in [5, 5.41) is 6.66. The molecule has 0 saturated carbocycles. The van der Waals surface area contributed by atoms with Crippen molar-refractivity contribution < 1.29 is 9.18 Å². The molecule has 1 aromatic carbocycles. The topological polar surface area (TPSA) is 72.7 Å². The highest BCUT2D eigenvalue weighted by Crippen LogP contribution is 2.17. The van der Waals surface area contributed by atoms with Gasteiger partial charge in [0.15, 0.2) is 5.82 Å². The smallest absolute Gasteiger partial charge is 0.255 e. The molecule has 0 bridgehead atoms. The molecule has 0 aliphatic carbocycles.